The summed E-state index contributed by atoms with van der Waals surface area (Å²) in [5, 5.41) is 10.6. The first-order valence-corrected chi connectivity index (χ1v) is 5.15. The van der Waals surface area contributed by atoms with Gasteiger partial charge >= 0.3 is 0 Å². The van der Waals surface area contributed by atoms with Crippen LogP contribution in [0, 0.1) is 0 Å². The summed E-state index contributed by atoms with van der Waals surface area (Å²) in [6.07, 6.45) is 2.57. The number of rotatable bonds is 4. The SMILES string of the molecule is CCCC(O)CC1=NCCS1. The highest BCUT2D eigenvalue weighted by Crippen LogP contribution is 2.17. The third kappa shape index (κ3) is 3.25. The molecule has 0 aliphatic carbocycles. The molecule has 1 aliphatic heterocycles. The molecule has 0 aromatic carbocycles. The molecule has 0 spiro atoms. The minimum atomic E-state index is -0.163. The average Bonchev–Trinajstić information content (AvgIpc) is 2.40. The Balaban J connectivity index is 2.18. The molecule has 1 rings (SSSR count). The van der Waals surface area contributed by atoms with Crippen molar-refractivity contribution in [3.05, 3.63) is 0 Å². The van der Waals surface area contributed by atoms with Crippen LogP contribution in [0.15, 0.2) is 4.99 Å². The molecule has 0 amide bonds. The van der Waals surface area contributed by atoms with Crippen LogP contribution in [0.4, 0.5) is 0 Å². The minimum Gasteiger partial charge on any atom is -0.393 e. The zero-order valence-corrected chi connectivity index (χ0v) is 7.73. The molecule has 1 aliphatic rings. The van der Waals surface area contributed by atoms with E-state index in [-0.39, 0.29) is 6.10 Å². The van der Waals surface area contributed by atoms with E-state index in [0.717, 1.165) is 36.6 Å². The van der Waals surface area contributed by atoms with Gasteiger partial charge in [0, 0.05) is 18.7 Å². The molecule has 1 atom stereocenters. The van der Waals surface area contributed by atoms with Crippen LogP contribution in [-0.2, 0) is 0 Å². The summed E-state index contributed by atoms with van der Waals surface area (Å²) < 4.78 is 0. The second-order valence-corrected chi connectivity index (χ2v) is 3.94. The summed E-state index contributed by atoms with van der Waals surface area (Å²) in [7, 11) is 0. The van der Waals surface area contributed by atoms with Gasteiger partial charge in [-0.3, -0.25) is 4.99 Å². The Morgan fingerprint density at radius 2 is 2.55 bits per heavy atom. The fourth-order valence-corrected chi connectivity index (χ4v) is 2.05. The molecule has 1 unspecified atom stereocenters. The second-order valence-electron chi connectivity index (χ2n) is 2.77. The second kappa shape index (κ2) is 4.78. The Kier molecular flexibility index (Phi) is 3.94. The van der Waals surface area contributed by atoms with E-state index < -0.39 is 0 Å². The van der Waals surface area contributed by atoms with E-state index >= 15 is 0 Å². The number of aliphatic hydroxyl groups excluding tert-OH is 1. The smallest absolute Gasteiger partial charge is 0.0702 e. The lowest BCUT2D eigenvalue weighted by molar-refractivity contribution is 0.172. The van der Waals surface area contributed by atoms with Crippen molar-refractivity contribution in [1.82, 2.24) is 0 Å². The topological polar surface area (TPSA) is 32.6 Å². The number of nitrogens with zero attached hydrogens (tertiary/aromatic N) is 1. The Hall–Kier alpha value is -0.0200. The van der Waals surface area contributed by atoms with Crippen LogP contribution >= 0.6 is 11.8 Å². The highest BCUT2D eigenvalue weighted by atomic mass is 32.2. The molecule has 1 heterocycles. The molecule has 0 saturated carbocycles. The Morgan fingerprint density at radius 3 is 3.09 bits per heavy atom. The normalized spacial score (nSPS) is 20.0. The van der Waals surface area contributed by atoms with Crippen molar-refractivity contribution < 1.29 is 5.11 Å². The van der Waals surface area contributed by atoms with Crippen LogP contribution in [-0.4, -0.2) is 28.6 Å². The molecule has 0 saturated heterocycles. The molecule has 0 aromatic heterocycles. The number of aliphatic hydroxyl groups is 1. The third-order valence-corrected chi connectivity index (χ3v) is 2.70. The van der Waals surface area contributed by atoms with Crippen LogP contribution in [0.1, 0.15) is 26.2 Å². The van der Waals surface area contributed by atoms with Crippen LogP contribution < -0.4 is 0 Å². The first kappa shape index (κ1) is 9.07. The lowest BCUT2D eigenvalue weighted by atomic mass is 10.1. The molecule has 1 N–H and O–H groups in total. The van der Waals surface area contributed by atoms with Gasteiger partial charge in [0.25, 0.3) is 0 Å². The van der Waals surface area contributed by atoms with Gasteiger partial charge in [-0.05, 0) is 6.42 Å². The standard InChI is InChI=1S/C8H15NOS/c1-2-3-7(10)6-8-9-4-5-11-8/h7,10H,2-6H2,1H3. The first-order chi connectivity index (χ1) is 5.33. The molecule has 11 heavy (non-hydrogen) atoms. The maximum atomic E-state index is 9.42. The maximum absolute atomic E-state index is 9.42. The van der Waals surface area contributed by atoms with E-state index in [1.165, 1.54) is 0 Å². The van der Waals surface area contributed by atoms with Crippen molar-refractivity contribution in [2.75, 3.05) is 12.3 Å². The first-order valence-electron chi connectivity index (χ1n) is 4.17. The molecule has 0 aromatic rings. The van der Waals surface area contributed by atoms with Crippen LogP contribution in [0.25, 0.3) is 0 Å². The van der Waals surface area contributed by atoms with Gasteiger partial charge in [-0.15, -0.1) is 11.8 Å². The van der Waals surface area contributed by atoms with Crippen molar-refractivity contribution in [2.45, 2.75) is 32.3 Å². The fourth-order valence-electron chi connectivity index (χ4n) is 1.14. The summed E-state index contributed by atoms with van der Waals surface area (Å²) >= 11 is 1.79. The number of aliphatic imine (C=N–C) groups is 1. The molecule has 0 fully saturated rings. The average molecular weight is 173 g/mol. The Labute approximate surface area is 72.1 Å². The highest BCUT2D eigenvalue weighted by Gasteiger charge is 2.11. The van der Waals surface area contributed by atoms with Gasteiger partial charge < -0.3 is 5.11 Å². The van der Waals surface area contributed by atoms with Gasteiger partial charge in [0.2, 0.25) is 0 Å². The van der Waals surface area contributed by atoms with Crippen LogP contribution in [0.2, 0.25) is 0 Å². The molecule has 64 valence electrons. The molecule has 2 nitrogen and oxygen atoms in total. The van der Waals surface area contributed by atoms with Crippen molar-refractivity contribution in [1.29, 1.82) is 0 Å². The zero-order chi connectivity index (χ0) is 8.10. The quantitative estimate of drug-likeness (QED) is 0.701. The lowest BCUT2D eigenvalue weighted by Crippen LogP contribution is -2.09. The zero-order valence-electron chi connectivity index (χ0n) is 6.92. The van der Waals surface area contributed by atoms with Crippen molar-refractivity contribution in [2.24, 2.45) is 4.99 Å². The van der Waals surface area contributed by atoms with Gasteiger partial charge in [0.05, 0.1) is 11.1 Å². The summed E-state index contributed by atoms with van der Waals surface area (Å²) in [5.41, 5.74) is 0. The van der Waals surface area contributed by atoms with Crippen molar-refractivity contribution in [3.63, 3.8) is 0 Å². The lowest BCUT2D eigenvalue weighted by Gasteiger charge is -2.07. The summed E-state index contributed by atoms with van der Waals surface area (Å²) in [6, 6.07) is 0. The third-order valence-electron chi connectivity index (χ3n) is 1.68. The Morgan fingerprint density at radius 1 is 1.73 bits per heavy atom. The summed E-state index contributed by atoms with van der Waals surface area (Å²) in [4.78, 5) is 4.28. The molecule has 0 radical (unpaired) electrons. The van der Waals surface area contributed by atoms with Gasteiger partial charge in [0.1, 0.15) is 0 Å². The van der Waals surface area contributed by atoms with E-state index in [1.807, 2.05) is 0 Å². The van der Waals surface area contributed by atoms with Crippen LogP contribution in [0.5, 0.6) is 0 Å². The van der Waals surface area contributed by atoms with E-state index in [9.17, 15) is 5.11 Å². The van der Waals surface area contributed by atoms with Gasteiger partial charge in [-0.1, -0.05) is 13.3 Å². The number of hydrogen-bond donors (Lipinski definition) is 1. The predicted octanol–water partition coefficient (Wildman–Crippen LogP) is 1.68. The molecule has 3 heteroatoms. The highest BCUT2D eigenvalue weighted by molar-refractivity contribution is 8.14. The van der Waals surface area contributed by atoms with E-state index in [4.69, 9.17) is 0 Å². The maximum Gasteiger partial charge on any atom is 0.0702 e. The monoisotopic (exact) mass is 173 g/mol. The predicted molar refractivity (Wildman–Crippen MR) is 50.3 cm³/mol. The number of hydrogen-bond acceptors (Lipinski definition) is 3. The van der Waals surface area contributed by atoms with Crippen molar-refractivity contribution >= 4 is 16.8 Å². The molecular weight excluding hydrogens is 158 g/mol. The summed E-state index contributed by atoms with van der Waals surface area (Å²) in [6.45, 7) is 3.03. The van der Waals surface area contributed by atoms with E-state index in [0.29, 0.717) is 0 Å². The van der Waals surface area contributed by atoms with E-state index in [1.54, 1.807) is 11.8 Å². The van der Waals surface area contributed by atoms with Gasteiger partial charge in [0.15, 0.2) is 0 Å². The van der Waals surface area contributed by atoms with Gasteiger partial charge in [-0.25, -0.2) is 0 Å². The fraction of sp³-hybridized carbons (Fsp3) is 0.875. The number of thioether (sulfide) groups is 1. The minimum absolute atomic E-state index is 0.163. The van der Waals surface area contributed by atoms with Gasteiger partial charge in [-0.2, -0.15) is 0 Å². The molecular formula is C8H15NOS. The van der Waals surface area contributed by atoms with Crippen LogP contribution in [0.3, 0.4) is 0 Å². The summed E-state index contributed by atoms with van der Waals surface area (Å²) in [5.74, 6) is 1.11. The van der Waals surface area contributed by atoms with Crippen molar-refractivity contribution in [3.8, 4) is 0 Å². The largest absolute Gasteiger partial charge is 0.393 e. The molecule has 0 bridgehead atoms. The Bertz CT molecular complexity index is 147. The van der Waals surface area contributed by atoms with E-state index in [2.05, 4.69) is 11.9 Å².